The fourth-order valence-electron chi connectivity index (χ4n) is 4.53. The Labute approximate surface area is 170 Å². The lowest BCUT2D eigenvalue weighted by Crippen LogP contribution is -2.46. The van der Waals surface area contributed by atoms with Crippen LogP contribution in [0.3, 0.4) is 0 Å². The van der Waals surface area contributed by atoms with Crippen LogP contribution in [0.2, 0.25) is 0 Å². The van der Waals surface area contributed by atoms with Gasteiger partial charge >= 0.3 is 0 Å². The van der Waals surface area contributed by atoms with Gasteiger partial charge in [-0.1, -0.05) is 6.42 Å². The number of allylic oxidation sites excluding steroid dienone is 1. The van der Waals surface area contributed by atoms with Crippen molar-refractivity contribution in [3.8, 4) is 12.1 Å². The molecule has 0 aromatic carbocycles. The molecule has 0 unspecified atom stereocenters. The van der Waals surface area contributed by atoms with Crippen LogP contribution in [0.25, 0.3) is 0 Å². The van der Waals surface area contributed by atoms with Crippen LogP contribution >= 0.6 is 0 Å². The summed E-state index contributed by atoms with van der Waals surface area (Å²) in [6, 6.07) is 4.28. The van der Waals surface area contributed by atoms with Gasteiger partial charge in [-0.2, -0.15) is 10.5 Å². The molecular weight excluding hydrogens is 350 g/mol. The molecular formula is C21H35N7. The highest BCUT2D eigenvalue weighted by molar-refractivity contribution is 5.40. The molecule has 3 aliphatic rings. The van der Waals surface area contributed by atoms with Crippen molar-refractivity contribution >= 4 is 0 Å². The Kier molecular flexibility index (Phi) is 7.97. The van der Waals surface area contributed by atoms with E-state index in [1.807, 2.05) is 0 Å². The average molecular weight is 386 g/mol. The molecule has 7 nitrogen and oxygen atoms in total. The van der Waals surface area contributed by atoms with E-state index in [2.05, 4.69) is 43.7 Å². The summed E-state index contributed by atoms with van der Waals surface area (Å²) in [6.07, 6.45) is 5.11. The van der Waals surface area contributed by atoms with Gasteiger partial charge in [0.25, 0.3) is 0 Å². The number of hydrogen-bond acceptors (Lipinski definition) is 7. The van der Waals surface area contributed by atoms with Crippen LogP contribution in [0.1, 0.15) is 25.7 Å². The Morgan fingerprint density at radius 3 is 1.96 bits per heavy atom. The lowest BCUT2D eigenvalue weighted by molar-refractivity contribution is 0.143. The van der Waals surface area contributed by atoms with Gasteiger partial charge in [0.2, 0.25) is 0 Å². The van der Waals surface area contributed by atoms with E-state index in [4.69, 9.17) is 0 Å². The molecule has 3 rings (SSSR count). The van der Waals surface area contributed by atoms with E-state index in [0.29, 0.717) is 0 Å². The molecule has 0 bridgehead atoms. The molecule has 3 fully saturated rings. The summed E-state index contributed by atoms with van der Waals surface area (Å²) in [5, 5.41) is 19.0. The molecule has 7 heteroatoms. The maximum Gasteiger partial charge on any atom is 0.169 e. The Morgan fingerprint density at radius 1 is 0.714 bits per heavy atom. The van der Waals surface area contributed by atoms with Crippen molar-refractivity contribution in [2.24, 2.45) is 0 Å². The summed E-state index contributed by atoms with van der Waals surface area (Å²) in [5.74, 6) is 0.873. The quantitative estimate of drug-likeness (QED) is 0.606. The molecule has 154 valence electrons. The van der Waals surface area contributed by atoms with Crippen molar-refractivity contribution < 1.29 is 0 Å². The van der Waals surface area contributed by atoms with Crippen molar-refractivity contribution in [2.75, 3.05) is 85.6 Å². The minimum atomic E-state index is 0.272. The minimum absolute atomic E-state index is 0.272. The van der Waals surface area contributed by atoms with Gasteiger partial charge in [-0.05, 0) is 45.9 Å². The molecule has 0 saturated carbocycles. The third kappa shape index (κ3) is 5.61. The number of rotatable bonds is 7. The van der Waals surface area contributed by atoms with Crippen LogP contribution in [0.15, 0.2) is 11.4 Å². The summed E-state index contributed by atoms with van der Waals surface area (Å²) in [4.78, 5) is 12.0. The maximum atomic E-state index is 9.49. The fourth-order valence-corrected chi connectivity index (χ4v) is 4.53. The third-order valence-corrected chi connectivity index (χ3v) is 6.32. The van der Waals surface area contributed by atoms with Gasteiger partial charge < -0.3 is 19.6 Å². The van der Waals surface area contributed by atoms with Crippen LogP contribution in [0.4, 0.5) is 0 Å². The molecule has 28 heavy (non-hydrogen) atoms. The summed E-state index contributed by atoms with van der Waals surface area (Å²) >= 11 is 0. The highest BCUT2D eigenvalue weighted by Crippen LogP contribution is 2.22. The van der Waals surface area contributed by atoms with E-state index in [9.17, 15) is 10.5 Å². The molecule has 0 aromatic rings. The van der Waals surface area contributed by atoms with E-state index >= 15 is 0 Å². The van der Waals surface area contributed by atoms with Crippen molar-refractivity contribution in [1.82, 2.24) is 24.5 Å². The van der Waals surface area contributed by atoms with Crippen molar-refractivity contribution in [3.05, 3.63) is 11.4 Å². The van der Waals surface area contributed by atoms with E-state index in [1.165, 1.54) is 32.4 Å². The van der Waals surface area contributed by atoms with E-state index in [-0.39, 0.29) is 5.57 Å². The summed E-state index contributed by atoms with van der Waals surface area (Å²) in [6.45, 7) is 12.7. The van der Waals surface area contributed by atoms with Gasteiger partial charge in [0.1, 0.15) is 18.0 Å². The zero-order chi connectivity index (χ0) is 19.8. The first-order valence-electron chi connectivity index (χ1n) is 10.9. The Bertz CT molecular complexity index is 587. The number of likely N-dealkylation sites (tertiary alicyclic amines) is 1. The van der Waals surface area contributed by atoms with Gasteiger partial charge in [-0.15, -0.1) is 0 Å². The molecule has 3 heterocycles. The lowest BCUT2D eigenvalue weighted by atomic mass is 10.1. The number of piperazine rings is 1. The first-order chi connectivity index (χ1) is 13.7. The summed E-state index contributed by atoms with van der Waals surface area (Å²) < 4.78 is 0. The van der Waals surface area contributed by atoms with Gasteiger partial charge in [0.05, 0.1) is 0 Å². The SMILES string of the molecule is CN1CCN(CCN2CCN(CCCN3CCCCC3)C2=C(C#N)C#N)CC1. The molecule has 3 saturated heterocycles. The standard InChI is InChI=1S/C21H35N7/c1-24-10-12-26(13-11-24)14-15-28-17-16-27(21(28)20(18-22)19-23)9-5-8-25-6-3-2-4-7-25/h2-17H2,1H3. The first kappa shape index (κ1) is 20.9. The molecule has 0 atom stereocenters. The van der Waals surface area contributed by atoms with Crippen LogP contribution in [-0.4, -0.2) is 110 Å². The van der Waals surface area contributed by atoms with Gasteiger partial charge in [0.15, 0.2) is 5.57 Å². The van der Waals surface area contributed by atoms with Gasteiger partial charge in [-0.3, -0.25) is 4.90 Å². The Morgan fingerprint density at radius 2 is 1.32 bits per heavy atom. The average Bonchev–Trinajstić information content (AvgIpc) is 3.12. The molecule has 0 aromatic heterocycles. The third-order valence-electron chi connectivity index (χ3n) is 6.32. The fraction of sp³-hybridized carbons (Fsp3) is 0.810. The molecule has 3 aliphatic heterocycles. The molecule has 0 radical (unpaired) electrons. The largest absolute Gasteiger partial charge is 0.355 e. The summed E-state index contributed by atoms with van der Waals surface area (Å²) in [5.41, 5.74) is 0.272. The molecule has 0 aliphatic carbocycles. The van der Waals surface area contributed by atoms with Crippen LogP contribution < -0.4 is 0 Å². The first-order valence-corrected chi connectivity index (χ1v) is 10.9. The molecule has 0 amide bonds. The molecule has 0 spiro atoms. The summed E-state index contributed by atoms with van der Waals surface area (Å²) in [7, 11) is 2.17. The maximum absolute atomic E-state index is 9.49. The van der Waals surface area contributed by atoms with Crippen LogP contribution in [0, 0.1) is 22.7 Å². The predicted molar refractivity (Wildman–Crippen MR) is 110 cm³/mol. The number of hydrogen-bond donors (Lipinski definition) is 0. The molecule has 0 N–H and O–H groups in total. The smallest absolute Gasteiger partial charge is 0.169 e. The Hall–Kier alpha value is -1.80. The van der Waals surface area contributed by atoms with Crippen LogP contribution in [-0.2, 0) is 0 Å². The monoisotopic (exact) mass is 385 g/mol. The predicted octanol–water partition coefficient (Wildman–Crippen LogP) is 0.986. The highest BCUT2D eigenvalue weighted by atomic mass is 15.4. The second-order valence-corrected chi connectivity index (χ2v) is 8.30. The Balaban J connectivity index is 1.53. The van der Waals surface area contributed by atoms with Gasteiger partial charge in [0, 0.05) is 58.9 Å². The van der Waals surface area contributed by atoms with E-state index < -0.39 is 0 Å². The zero-order valence-electron chi connectivity index (χ0n) is 17.4. The van der Waals surface area contributed by atoms with E-state index in [0.717, 1.165) is 77.7 Å². The zero-order valence-corrected chi connectivity index (χ0v) is 17.4. The van der Waals surface area contributed by atoms with Crippen molar-refractivity contribution in [3.63, 3.8) is 0 Å². The number of nitrogens with zero attached hydrogens (tertiary/aromatic N) is 7. The van der Waals surface area contributed by atoms with E-state index in [1.54, 1.807) is 0 Å². The number of likely N-dealkylation sites (N-methyl/N-ethyl adjacent to an activating group) is 1. The second-order valence-electron chi connectivity index (χ2n) is 8.30. The number of piperidine rings is 1. The lowest BCUT2D eigenvalue weighted by Gasteiger charge is -2.34. The van der Waals surface area contributed by atoms with Crippen LogP contribution in [0.5, 0.6) is 0 Å². The van der Waals surface area contributed by atoms with Crippen molar-refractivity contribution in [1.29, 1.82) is 10.5 Å². The minimum Gasteiger partial charge on any atom is -0.355 e. The second kappa shape index (κ2) is 10.7. The number of nitriles is 2. The topological polar surface area (TPSA) is 63.8 Å². The van der Waals surface area contributed by atoms with Gasteiger partial charge in [-0.25, -0.2) is 0 Å². The highest BCUT2D eigenvalue weighted by Gasteiger charge is 2.28. The normalized spacial score (nSPS) is 22.3. The van der Waals surface area contributed by atoms with Crippen molar-refractivity contribution in [2.45, 2.75) is 25.7 Å².